The van der Waals surface area contributed by atoms with Crippen LogP contribution in [0.25, 0.3) is 44.3 Å². The van der Waals surface area contributed by atoms with Crippen LogP contribution in [0.2, 0.25) is 5.02 Å². The number of thiazole rings is 1. The fourth-order valence-corrected chi connectivity index (χ4v) is 6.52. The number of aromatic nitrogens is 3. The van der Waals surface area contributed by atoms with Gasteiger partial charge in [0.2, 0.25) is 4.80 Å². The number of nitrogens with one attached hydrogen (secondary N) is 1. The molecular formula is C34H22BrClFN5S. The van der Waals surface area contributed by atoms with Crippen LogP contribution in [0.15, 0.2) is 123 Å². The van der Waals surface area contributed by atoms with E-state index in [4.69, 9.17) is 16.6 Å². The van der Waals surface area contributed by atoms with E-state index in [9.17, 15) is 4.39 Å². The lowest BCUT2D eigenvalue weighted by molar-refractivity contribution is 0.626. The Kier molecular flexibility index (Phi) is 7.49. The van der Waals surface area contributed by atoms with Crippen molar-refractivity contribution in [2.75, 3.05) is 0 Å². The fraction of sp³-hybridized carbons (Fsp3) is 0.0294. The normalized spacial score (nSPS) is 12.2. The third-order valence-electron chi connectivity index (χ3n) is 7.15. The number of benzene rings is 4. The SMILES string of the molecule is Fc1ccc(Cn2c3ccccc3c3cc(C=NN=c4[nH]c(-c5cccc(Br)c5)cs4)nc(-c4ccccc4Cl)c32)cc1. The molecule has 43 heavy (non-hydrogen) atoms. The van der Waals surface area contributed by atoms with Gasteiger partial charge in [-0.25, -0.2) is 9.37 Å². The third kappa shape index (κ3) is 5.57. The smallest absolute Gasteiger partial charge is 0.208 e. The van der Waals surface area contributed by atoms with Crippen LogP contribution < -0.4 is 4.80 Å². The lowest BCUT2D eigenvalue weighted by Gasteiger charge is -2.12. The first-order valence-corrected chi connectivity index (χ1v) is 15.5. The number of para-hydroxylation sites is 1. The number of rotatable bonds is 6. The maximum Gasteiger partial charge on any atom is 0.208 e. The number of hydrogen-bond acceptors (Lipinski definition) is 4. The average Bonchev–Trinajstić information content (AvgIpc) is 3.62. The summed E-state index contributed by atoms with van der Waals surface area (Å²) >= 11 is 11.7. The van der Waals surface area contributed by atoms with Gasteiger partial charge < -0.3 is 9.55 Å². The van der Waals surface area contributed by atoms with Crippen molar-refractivity contribution in [1.82, 2.24) is 14.5 Å². The zero-order chi connectivity index (χ0) is 29.3. The summed E-state index contributed by atoms with van der Waals surface area (Å²) in [4.78, 5) is 9.05. The Labute approximate surface area is 263 Å². The molecule has 0 radical (unpaired) electrons. The van der Waals surface area contributed by atoms with E-state index >= 15 is 0 Å². The summed E-state index contributed by atoms with van der Waals surface area (Å²) in [5.74, 6) is -0.261. The van der Waals surface area contributed by atoms with Crippen LogP contribution in [-0.2, 0) is 6.54 Å². The molecule has 0 aliphatic rings. The first-order chi connectivity index (χ1) is 21.0. The van der Waals surface area contributed by atoms with Gasteiger partial charge in [0.15, 0.2) is 0 Å². The summed E-state index contributed by atoms with van der Waals surface area (Å²) in [6, 6.07) is 32.6. The molecule has 0 amide bonds. The molecule has 9 heteroatoms. The van der Waals surface area contributed by atoms with Gasteiger partial charge in [0.1, 0.15) is 5.82 Å². The van der Waals surface area contributed by atoms with Crippen LogP contribution in [-0.4, -0.2) is 20.7 Å². The summed E-state index contributed by atoms with van der Waals surface area (Å²) in [6.45, 7) is 0.542. The van der Waals surface area contributed by atoms with E-state index in [0.29, 0.717) is 22.1 Å². The highest BCUT2D eigenvalue weighted by molar-refractivity contribution is 9.10. The Hall–Kier alpha value is -4.37. The van der Waals surface area contributed by atoms with Gasteiger partial charge in [-0.15, -0.1) is 16.4 Å². The Morgan fingerprint density at radius 3 is 2.58 bits per heavy atom. The van der Waals surface area contributed by atoms with Crippen molar-refractivity contribution in [1.29, 1.82) is 0 Å². The minimum atomic E-state index is -0.261. The van der Waals surface area contributed by atoms with Crippen molar-refractivity contribution in [3.8, 4) is 22.5 Å². The summed E-state index contributed by atoms with van der Waals surface area (Å²) < 4.78 is 16.9. The van der Waals surface area contributed by atoms with E-state index in [1.54, 1.807) is 6.21 Å². The van der Waals surface area contributed by atoms with Crippen LogP contribution in [0.3, 0.4) is 0 Å². The number of fused-ring (bicyclic) bond motifs is 3. The highest BCUT2D eigenvalue weighted by Gasteiger charge is 2.19. The Morgan fingerprint density at radius 2 is 1.74 bits per heavy atom. The number of aromatic amines is 1. The molecule has 3 aromatic heterocycles. The van der Waals surface area contributed by atoms with Gasteiger partial charge in [0.05, 0.1) is 33.8 Å². The van der Waals surface area contributed by atoms with Gasteiger partial charge in [-0.3, -0.25) is 0 Å². The highest BCUT2D eigenvalue weighted by atomic mass is 79.9. The fourth-order valence-electron chi connectivity index (χ4n) is 5.21. The van der Waals surface area contributed by atoms with E-state index in [-0.39, 0.29) is 5.82 Å². The van der Waals surface area contributed by atoms with Crippen molar-refractivity contribution in [2.45, 2.75) is 6.54 Å². The van der Waals surface area contributed by atoms with Crippen molar-refractivity contribution >= 4 is 66.9 Å². The van der Waals surface area contributed by atoms with Crippen molar-refractivity contribution < 1.29 is 4.39 Å². The topological polar surface area (TPSA) is 58.3 Å². The summed E-state index contributed by atoms with van der Waals surface area (Å²) in [5, 5.41) is 13.5. The van der Waals surface area contributed by atoms with Crippen LogP contribution in [0.5, 0.6) is 0 Å². The molecule has 0 unspecified atom stereocenters. The molecule has 3 heterocycles. The molecule has 4 aromatic carbocycles. The Bertz CT molecular complexity index is 2220. The lowest BCUT2D eigenvalue weighted by atomic mass is 10.1. The van der Waals surface area contributed by atoms with Gasteiger partial charge in [-0.05, 0) is 53.6 Å². The molecule has 0 bridgehead atoms. The molecule has 0 saturated heterocycles. The van der Waals surface area contributed by atoms with Gasteiger partial charge in [-0.1, -0.05) is 88.2 Å². The summed E-state index contributed by atoms with van der Waals surface area (Å²) in [5.41, 5.74) is 7.20. The molecule has 0 spiro atoms. The van der Waals surface area contributed by atoms with E-state index in [1.165, 1.54) is 23.5 Å². The number of halogens is 3. The molecule has 7 rings (SSSR count). The Morgan fingerprint density at radius 1 is 0.930 bits per heavy atom. The standard InChI is InChI=1S/C34H22BrClFN5S/c35-23-7-5-6-22(16-23)30-20-43-34(40-30)41-38-18-25-17-28-26-8-2-4-11-31(26)42(19-21-12-14-24(37)15-13-21)33(28)32(39-25)27-9-1-3-10-29(27)36/h1-18,20H,19H2,(H,40,41). The molecule has 0 saturated carbocycles. The predicted molar refractivity (Wildman–Crippen MR) is 178 cm³/mol. The summed E-state index contributed by atoms with van der Waals surface area (Å²) in [7, 11) is 0. The van der Waals surface area contributed by atoms with Crippen molar-refractivity contribution in [2.24, 2.45) is 10.2 Å². The maximum absolute atomic E-state index is 13.7. The predicted octanol–water partition coefficient (Wildman–Crippen LogP) is 9.45. The molecule has 7 aromatic rings. The molecule has 0 aliphatic heterocycles. The van der Waals surface area contributed by atoms with Gasteiger partial charge in [0, 0.05) is 38.3 Å². The molecule has 0 aliphatic carbocycles. The number of nitrogens with zero attached hydrogens (tertiary/aromatic N) is 4. The number of pyridine rings is 1. The second-order valence-corrected chi connectivity index (χ2v) is 12.1. The van der Waals surface area contributed by atoms with Gasteiger partial charge >= 0.3 is 0 Å². The van der Waals surface area contributed by atoms with Gasteiger partial charge in [0.25, 0.3) is 0 Å². The monoisotopic (exact) mass is 665 g/mol. The zero-order valence-corrected chi connectivity index (χ0v) is 25.7. The van der Waals surface area contributed by atoms with E-state index in [2.05, 4.69) is 47.8 Å². The first kappa shape index (κ1) is 27.5. The van der Waals surface area contributed by atoms with Crippen LogP contribution in [0, 0.1) is 5.82 Å². The zero-order valence-electron chi connectivity index (χ0n) is 22.5. The Balaban J connectivity index is 1.37. The summed E-state index contributed by atoms with van der Waals surface area (Å²) in [6.07, 6.45) is 1.66. The van der Waals surface area contributed by atoms with E-state index < -0.39 is 0 Å². The van der Waals surface area contributed by atoms with Crippen LogP contribution in [0.1, 0.15) is 11.3 Å². The molecule has 210 valence electrons. The number of H-pyrrole nitrogens is 1. The second kappa shape index (κ2) is 11.7. The third-order valence-corrected chi connectivity index (χ3v) is 8.74. The highest BCUT2D eigenvalue weighted by Crippen LogP contribution is 2.38. The first-order valence-electron chi connectivity index (χ1n) is 13.5. The minimum Gasteiger partial charge on any atom is -0.334 e. The molecular weight excluding hydrogens is 645 g/mol. The molecule has 0 fully saturated rings. The lowest BCUT2D eigenvalue weighted by Crippen LogP contribution is -2.03. The molecule has 5 nitrogen and oxygen atoms in total. The van der Waals surface area contributed by atoms with Gasteiger partial charge in [-0.2, -0.15) is 5.10 Å². The van der Waals surface area contributed by atoms with Crippen LogP contribution >= 0.6 is 38.9 Å². The number of hydrogen-bond donors (Lipinski definition) is 1. The quantitative estimate of drug-likeness (QED) is 0.140. The largest absolute Gasteiger partial charge is 0.334 e. The van der Waals surface area contributed by atoms with E-state index in [0.717, 1.165) is 54.4 Å². The van der Waals surface area contributed by atoms with E-state index in [1.807, 2.05) is 84.2 Å². The molecule has 1 N–H and O–H groups in total. The van der Waals surface area contributed by atoms with Crippen LogP contribution in [0.4, 0.5) is 4.39 Å². The van der Waals surface area contributed by atoms with Crippen molar-refractivity contribution in [3.63, 3.8) is 0 Å². The minimum absolute atomic E-state index is 0.261. The maximum atomic E-state index is 13.7. The van der Waals surface area contributed by atoms with Crippen molar-refractivity contribution in [3.05, 3.63) is 140 Å². The molecule has 0 atom stereocenters. The second-order valence-electron chi connectivity index (χ2n) is 9.94. The average molecular weight is 667 g/mol.